The lowest BCUT2D eigenvalue weighted by Crippen LogP contribution is -2.34. The Balaban J connectivity index is 1.33. The summed E-state index contributed by atoms with van der Waals surface area (Å²) in [6.45, 7) is 1.37. The average molecular weight is 498 g/mol. The van der Waals surface area contributed by atoms with Crippen LogP contribution >= 0.6 is 0 Å². The fourth-order valence-corrected chi connectivity index (χ4v) is 5.18. The van der Waals surface area contributed by atoms with Crippen LogP contribution in [0.5, 0.6) is 23.0 Å². The number of pyridine rings is 1. The van der Waals surface area contributed by atoms with E-state index in [4.69, 9.17) is 18.9 Å². The lowest BCUT2D eigenvalue weighted by atomic mass is 9.98. The molecule has 8 heteroatoms. The van der Waals surface area contributed by atoms with Crippen molar-refractivity contribution in [2.24, 2.45) is 7.05 Å². The molecule has 2 aliphatic heterocycles. The Bertz CT molecular complexity index is 1560. The third-order valence-corrected chi connectivity index (χ3v) is 7.05. The van der Waals surface area contributed by atoms with Crippen LogP contribution in [0.3, 0.4) is 0 Å². The van der Waals surface area contributed by atoms with Crippen molar-refractivity contribution < 1.29 is 23.7 Å². The lowest BCUT2D eigenvalue weighted by molar-refractivity contribution is -0.126. The number of nitrogens with zero attached hydrogens (tertiary/aromatic N) is 3. The maximum absolute atomic E-state index is 13.3. The number of benzene rings is 2. The Morgan fingerprint density at radius 3 is 2.62 bits per heavy atom. The predicted molar refractivity (Wildman–Crippen MR) is 140 cm³/mol. The maximum atomic E-state index is 13.3. The van der Waals surface area contributed by atoms with Crippen LogP contribution in [0.15, 0.2) is 54.7 Å². The van der Waals surface area contributed by atoms with Crippen LogP contribution in [0.1, 0.15) is 16.7 Å². The summed E-state index contributed by atoms with van der Waals surface area (Å²) in [5, 5.41) is 0.975. The molecule has 2 aliphatic rings. The Hall–Kier alpha value is -4.46. The van der Waals surface area contributed by atoms with Crippen LogP contribution in [-0.2, 0) is 24.8 Å². The quantitative estimate of drug-likeness (QED) is 0.376. The molecule has 0 atom stereocenters. The van der Waals surface area contributed by atoms with Crippen LogP contribution < -0.4 is 18.9 Å². The normalized spacial score (nSPS) is 14.3. The summed E-state index contributed by atoms with van der Waals surface area (Å²) >= 11 is 0. The number of hydrogen-bond donors (Lipinski definition) is 0. The Kier molecular flexibility index (Phi) is 5.71. The van der Waals surface area contributed by atoms with Gasteiger partial charge >= 0.3 is 0 Å². The molecule has 188 valence electrons. The molecule has 0 fully saturated rings. The molecule has 2 aromatic heterocycles. The highest BCUT2D eigenvalue weighted by molar-refractivity contribution is 6.00. The zero-order valence-corrected chi connectivity index (χ0v) is 21.0. The maximum Gasteiger partial charge on any atom is 0.246 e. The lowest BCUT2D eigenvalue weighted by Gasteiger charge is -2.28. The first-order valence-corrected chi connectivity index (χ1v) is 12.1. The van der Waals surface area contributed by atoms with Gasteiger partial charge in [-0.2, -0.15) is 0 Å². The van der Waals surface area contributed by atoms with E-state index in [1.165, 1.54) is 5.56 Å². The van der Waals surface area contributed by atoms with Crippen molar-refractivity contribution in [3.8, 4) is 34.3 Å². The van der Waals surface area contributed by atoms with E-state index in [0.29, 0.717) is 30.3 Å². The fraction of sp³-hybridized carbons (Fsp3) is 0.241. The van der Waals surface area contributed by atoms with Crippen LogP contribution in [0.25, 0.3) is 28.4 Å². The second-order valence-electron chi connectivity index (χ2n) is 9.08. The van der Waals surface area contributed by atoms with Gasteiger partial charge in [0, 0.05) is 48.9 Å². The summed E-state index contributed by atoms with van der Waals surface area (Å²) in [6, 6.07) is 13.8. The monoisotopic (exact) mass is 497 g/mol. The van der Waals surface area contributed by atoms with Crippen LogP contribution in [-0.4, -0.2) is 47.9 Å². The van der Waals surface area contributed by atoms with E-state index < -0.39 is 0 Å². The predicted octanol–water partition coefficient (Wildman–Crippen LogP) is 4.58. The molecule has 1 amide bonds. The number of methoxy groups -OCH3 is 2. The molecule has 8 nitrogen and oxygen atoms in total. The highest BCUT2D eigenvalue weighted by Gasteiger charge is 2.23. The molecule has 2 aromatic carbocycles. The van der Waals surface area contributed by atoms with Gasteiger partial charge in [0.25, 0.3) is 0 Å². The molecular weight excluding hydrogens is 470 g/mol. The van der Waals surface area contributed by atoms with Crippen molar-refractivity contribution in [1.29, 1.82) is 0 Å². The first-order valence-electron chi connectivity index (χ1n) is 12.1. The van der Waals surface area contributed by atoms with Gasteiger partial charge in [-0.15, -0.1) is 0 Å². The van der Waals surface area contributed by atoms with Crippen molar-refractivity contribution >= 4 is 23.0 Å². The van der Waals surface area contributed by atoms with Gasteiger partial charge in [0.15, 0.2) is 23.0 Å². The highest BCUT2D eigenvalue weighted by atomic mass is 16.7. The average Bonchev–Trinajstić information content (AvgIpc) is 3.52. The summed E-state index contributed by atoms with van der Waals surface area (Å²) in [4.78, 5) is 19.8. The minimum atomic E-state index is -0.0436. The van der Waals surface area contributed by atoms with E-state index >= 15 is 0 Å². The van der Waals surface area contributed by atoms with Crippen LogP contribution in [0, 0.1) is 0 Å². The van der Waals surface area contributed by atoms with Crippen molar-refractivity contribution in [3.05, 3.63) is 71.4 Å². The standard InChI is InChI=1S/C29H27N3O5/c1-31-28(19-6-8-23-26(14-19)37-17-36-23)21(22-5-4-11-30-29(22)31)7-9-27(33)32-12-10-18-13-24(34-2)25(35-3)15-20(18)16-32/h4-9,11,13-15H,10,12,16-17H2,1-3H3. The number of amides is 1. The molecule has 0 aliphatic carbocycles. The molecule has 0 saturated carbocycles. The second kappa shape index (κ2) is 9.20. The number of carbonyl (C=O) groups excluding carboxylic acids is 1. The van der Waals surface area contributed by atoms with Crippen molar-refractivity contribution in [3.63, 3.8) is 0 Å². The Labute approximate surface area is 214 Å². The van der Waals surface area contributed by atoms with Crippen molar-refractivity contribution in [1.82, 2.24) is 14.5 Å². The number of fused-ring (bicyclic) bond motifs is 3. The smallest absolute Gasteiger partial charge is 0.246 e. The summed E-state index contributed by atoms with van der Waals surface area (Å²) in [5.74, 6) is 2.77. The summed E-state index contributed by atoms with van der Waals surface area (Å²) in [7, 11) is 5.24. The van der Waals surface area contributed by atoms with Crippen molar-refractivity contribution in [2.45, 2.75) is 13.0 Å². The van der Waals surface area contributed by atoms with E-state index in [1.54, 1.807) is 26.5 Å². The van der Waals surface area contributed by atoms with Gasteiger partial charge in [0.1, 0.15) is 5.65 Å². The minimum absolute atomic E-state index is 0.0436. The molecule has 0 bridgehead atoms. The van der Waals surface area contributed by atoms with Gasteiger partial charge in [-0.05, 0) is 66.1 Å². The highest BCUT2D eigenvalue weighted by Crippen LogP contribution is 2.40. The number of rotatable bonds is 5. The number of aromatic nitrogens is 2. The van der Waals surface area contributed by atoms with Gasteiger partial charge < -0.3 is 28.4 Å². The molecule has 0 N–H and O–H groups in total. The third-order valence-electron chi connectivity index (χ3n) is 7.05. The summed E-state index contributed by atoms with van der Waals surface area (Å²) in [5.41, 5.74) is 5.94. The third kappa shape index (κ3) is 3.94. The molecule has 0 unspecified atom stereocenters. The van der Waals surface area contributed by atoms with Crippen molar-refractivity contribution in [2.75, 3.05) is 27.6 Å². The van der Waals surface area contributed by atoms with E-state index in [1.807, 2.05) is 65.1 Å². The van der Waals surface area contributed by atoms with Crippen LogP contribution in [0.2, 0.25) is 0 Å². The van der Waals surface area contributed by atoms with Gasteiger partial charge in [-0.25, -0.2) is 4.98 Å². The summed E-state index contributed by atoms with van der Waals surface area (Å²) in [6.07, 6.45) is 6.09. The molecule has 37 heavy (non-hydrogen) atoms. The number of ether oxygens (including phenoxy) is 4. The molecule has 0 saturated heterocycles. The van der Waals surface area contributed by atoms with Gasteiger partial charge in [-0.3, -0.25) is 4.79 Å². The van der Waals surface area contributed by atoms with Gasteiger partial charge in [0.05, 0.1) is 19.9 Å². The zero-order chi connectivity index (χ0) is 25.5. The summed E-state index contributed by atoms with van der Waals surface area (Å²) < 4.78 is 24.0. The van der Waals surface area contributed by atoms with E-state index in [-0.39, 0.29) is 12.7 Å². The first-order chi connectivity index (χ1) is 18.1. The van der Waals surface area contributed by atoms with Gasteiger partial charge in [-0.1, -0.05) is 0 Å². The zero-order valence-electron chi connectivity index (χ0n) is 21.0. The molecule has 6 rings (SSSR count). The molecule has 4 aromatic rings. The topological polar surface area (TPSA) is 75.1 Å². The molecular formula is C29H27N3O5. The Morgan fingerprint density at radius 1 is 1.03 bits per heavy atom. The van der Waals surface area contributed by atoms with Crippen LogP contribution in [0.4, 0.5) is 0 Å². The van der Waals surface area contributed by atoms with E-state index in [9.17, 15) is 4.79 Å². The SMILES string of the molecule is COc1cc2c(cc1OC)CN(C(=O)C=Cc1c(-c3ccc4c(c3)OCO4)n(C)c3ncccc13)CC2. The Morgan fingerprint density at radius 2 is 1.81 bits per heavy atom. The molecule has 4 heterocycles. The van der Waals surface area contributed by atoms with E-state index in [2.05, 4.69) is 4.98 Å². The first kappa shape index (κ1) is 23.0. The van der Waals surface area contributed by atoms with Gasteiger partial charge in [0.2, 0.25) is 12.7 Å². The number of aryl methyl sites for hydroxylation is 1. The largest absolute Gasteiger partial charge is 0.493 e. The second-order valence-corrected chi connectivity index (χ2v) is 9.08. The minimum Gasteiger partial charge on any atom is -0.493 e. The molecule has 0 spiro atoms. The molecule has 0 radical (unpaired) electrons. The van der Waals surface area contributed by atoms with E-state index in [0.717, 1.165) is 45.6 Å². The fourth-order valence-electron chi connectivity index (χ4n) is 5.18. The number of hydrogen-bond acceptors (Lipinski definition) is 6. The number of carbonyl (C=O) groups is 1.